The largest absolute Gasteiger partial charge is 0.493 e. The minimum Gasteiger partial charge on any atom is -0.493 e. The van der Waals surface area contributed by atoms with Crippen LogP contribution in [0.25, 0.3) is 5.52 Å². The monoisotopic (exact) mass is 533 g/mol. The molecule has 11 heteroatoms. The lowest BCUT2D eigenvalue weighted by Crippen LogP contribution is -2.57. The van der Waals surface area contributed by atoms with Crippen molar-refractivity contribution in [3.63, 3.8) is 0 Å². The van der Waals surface area contributed by atoms with Gasteiger partial charge in [-0.2, -0.15) is 5.10 Å². The number of piperazine rings is 1. The van der Waals surface area contributed by atoms with Gasteiger partial charge in [0.2, 0.25) is 0 Å². The van der Waals surface area contributed by atoms with Crippen LogP contribution in [0.4, 0.5) is 26.8 Å². The fourth-order valence-electron chi connectivity index (χ4n) is 6.07. The highest BCUT2D eigenvalue weighted by Gasteiger charge is 2.45. The molecule has 3 aliphatic heterocycles. The van der Waals surface area contributed by atoms with E-state index in [1.165, 1.54) is 0 Å². The fraction of sp³-hybridized carbons (Fsp3) is 0.500. The number of carbonyl (C=O) groups is 2. The summed E-state index contributed by atoms with van der Waals surface area (Å²) in [4.78, 5) is 36.9. The number of ether oxygens (including phenoxy) is 2. The van der Waals surface area contributed by atoms with Gasteiger partial charge in [-0.15, -0.1) is 0 Å². The van der Waals surface area contributed by atoms with Gasteiger partial charge in [0.1, 0.15) is 11.4 Å². The van der Waals surface area contributed by atoms with Crippen molar-refractivity contribution < 1.29 is 19.1 Å². The van der Waals surface area contributed by atoms with Crippen molar-refractivity contribution >= 4 is 34.8 Å². The van der Waals surface area contributed by atoms with Crippen LogP contribution in [0.1, 0.15) is 44.9 Å². The number of nitrogens with zero attached hydrogens (tertiary/aromatic N) is 6. The lowest BCUT2D eigenvalue weighted by molar-refractivity contribution is 0.0123. The number of fused-ring (bicyclic) bond motifs is 4. The van der Waals surface area contributed by atoms with Gasteiger partial charge in [-0.1, -0.05) is 0 Å². The van der Waals surface area contributed by atoms with Gasteiger partial charge in [-0.25, -0.2) is 19.1 Å². The summed E-state index contributed by atoms with van der Waals surface area (Å²) in [5.74, 6) is 1.20. The van der Waals surface area contributed by atoms with Crippen LogP contribution in [-0.2, 0) is 11.2 Å². The predicted octanol–water partition coefficient (Wildman–Crippen LogP) is 4.23. The average Bonchev–Trinajstić information content (AvgIpc) is 3.54. The quantitative estimate of drug-likeness (QED) is 0.537. The van der Waals surface area contributed by atoms with Gasteiger partial charge in [-0.3, -0.25) is 9.80 Å². The van der Waals surface area contributed by atoms with Crippen molar-refractivity contribution in [3.05, 3.63) is 41.9 Å². The van der Waals surface area contributed by atoms with Crippen molar-refractivity contribution in [2.24, 2.45) is 0 Å². The molecule has 39 heavy (non-hydrogen) atoms. The minimum absolute atomic E-state index is 0.109. The topological polar surface area (TPSA) is 105 Å². The maximum atomic E-state index is 13.4. The number of carbonyl (C=O) groups excluding carboxylic acids is 2. The smallest absolute Gasteiger partial charge is 0.410 e. The van der Waals surface area contributed by atoms with E-state index in [-0.39, 0.29) is 24.2 Å². The summed E-state index contributed by atoms with van der Waals surface area (Å²) >= 11 is 0. The zero-order chi connectivity index (χ0) is 27.5. The van der Waals surface area contributed by atoms with E-state index in [1.54, 1.807) is 28.9 Å². The number of hydrogen-bond acceptors (Lipinski definition) is 7. The van der Waals surface area contributed by atoms with Crippen LogP contribution >= 0.6 is 0 Å². The molecule has 2 saturated heterocycles. The number of pyridine rings is 2. The van der Waals surface area contributed by atoms with E-state index in [1.807, 2.05) is 50.8 Å². The average molecular weight is 534 g/mol. The van der Waals surface area contributed by atoms with Crippen LogP contribution in [0, 0.1) is 6.92 Å². The number of aryl methyl sites for hydroxylation is 1. The summed E-state index contributed by atoms with van der Waals surface area (Å²) in [5.41, 5.74) is 3.96. The summed E-state index contributed by atoms with van der Waals surface area (Å²) in [6.07, 6.45) is 5.94. The molecule has 2 atom stereocenters. The summed E-state index contributed by atoms with van der Waals surface area (Å²) in [6.45, 7) is 9.63. The van der Waals surface area contributed by atoms with E-state index in [9.17, 15) is 9.59 Å². The molecule has 0 spiro atoms. The second kappa shape index (κ2) is 9.32. The first-order valence-corrected chi connectivity index (χ1v) is 13.5. The third-order valence-electron chi connectivity index (χ3n) is 7.67. The molecule has 0 aromatic carbocycles. The Morgan fingerprint density at radius 3 is 2.56 bits per heavy atom. The first kappa shape index (κ1) is 25.3. The summed E-state index contributed by atoms with van der Waals surface area (Å²) in [5, 5.41) is 7.43. The maximum Gasteiger partial charge on any atom is 0.410 e. The molecule has 6 heterocycles. The zero-order valence-corrected chi connectivity index (χ0v) is 23.1. The molecule has 0 saturated carbocycles. The zero-order valence-electron chi connectivity index (χ0n) is 23.1. The number of aromatic nitrogens is 3. The number of methoxy groups -OCH3 is 1. The predicted molar refractivity (Wildman–Crippen MR) is 148 cm³/mol. The van der Waals surface area contributed by atoms with Crippen LogP contribution in [0.3, 0.4) is 0 Å². The van der Waals surface area contributed by atoms with Crippen LogP contribution in [0.15, 0.2) is 30.6 Å². The summed E-state index contributed by atoms with van der Waals surface area (Å²) in [7, 11) is 1.57. The number of urea groups is 1. The number of hydrogen-bond donors (Lipinski definition) is 1. The Bertz CT molecular complexity index is 1430. The fourth-order valence-corrected chi connectivity index (χ4v) is 6.07. The van der Waals surface area contributed by atoms with E-state index in [4.69, 9.17) is 9.47 Å². The van der Waals surface area contributed by atoms with Gasteiger partial charge in [0, 0.05) is 37.1 Å². The highest BCUT2D eigenvalue weighted by molar-refractivity contribution is 6.04. The van der Waals surface area contributed by atoms with Crippen molar-refractivity contribution in [2.45, 2.75) is 64.6 Å². The Labute approximate surface area is 227 Å². The van der Waals surface area contributed by atoms with Crippen molar-refractivity contribution in [2.75, 3.05) is 41.9 Å². The molecule has 3 aromatic rings. The Morgan fingerprint density at radius 2 is 1.87 bits per heavy atom. The lowest BCUT2D eigenvalue weighted by Gasteiger charge is -2.42. The first-order chi connectivity index (χ1) is 18.6. The molecule has 3 amide bonds. The molecular weight excluding hydrogens is 498 g/mol. The van der Waals surface area contributed by atoms with Gasteiger partial charge < -0.3 is 19.7 Å². The molecule has 2 bridgehead atoms. The number of amides is 3. The SMILES string of the molecule is COc1cn2nc(C)cc2cc1NC(=O)N1CCc2c(N3CC4CCC(C3)N4C(=O)OC(C)(C)C)ccnc21. The molecule has 206 valence electrons. The van der Waals surface area contributed by atoms with Gasteiger partial charge in [0.25, 0.3) is 0 Å². The van der Waals surface area contributed by atoms with Crippen LogP contribution < -0.4 is 19.9 Å². The molecule has 1 N–H and O–H groups in total. The highest BCUT2D eigenvalue weighted by Crippen LogP contribution is 2.39. The van der Waals surface area contributed by atoms with Crippen molar-refractivity contribution in [1.82, 2.24) is 19.5 Å². The van der Waals surface area contributed by atoms with Crippen LogP contribution in [0.2, 0.25) is 0 Å². The molecular formula is C28H35N7O4. The molecule has 3 aliphatic rings. The van der Waals surface area contributed by atoms with E-state index < -0.39 is 5.60 Å². The molecule has 0 aliphatic carbocycles. The Kier molecular flexibility index (Phi) is 6.04. The normalized spacial score (nSPS) is 20.4. The van der Waals surface area contributed by atoms with Gasteiger partial charge in [0.05, 0.1) is 42.3 Å². The standard InChI is InChI=1S/C28H35N7O4/c1-17-12-20-13-22(24(38-5)16-34(20)31-17)30-26(36)33-11-9-21-23(8-10-29-25(21)33)32-14-18-6-7-19(15-32)35(18)27(37)39-28(2,3)4/h8,10,12-13,16,18-19H,6-7,9,11,14-15H2,1-5H3,(H,30,36). The third-order valence-corrected chi connectivity index (χ3v) is 7.67. The highest BCUT2D eigenvalue weighted by atomic mass is 16.6. The van der Waals surface area contributed by atoms with E-state index in [0.29, 0.717) is 30.2 Å². The Hall–Kier alpha value is -4.02. The summed E-state index contributed by atoms with van der Waals surface area (Å²) in [6, 6.07) is 5.80. The van der Waals surface area contributed by atoms with Gasteiger partial charge in [-0.05, 0) is 65.2 Å². The van der Waals surface area contributed by atoms with Crippen molar-refractivity contribution in [3.8, 4) is 5.75 Å². The van der Waals surface area contributed by atoms with Gasteiger partial charge in [0.15, 0.2) is 5.75 Å². The second-order valence-electron chi connectivity index (χ2n) is 11.6. The maximum absolute atomic E-state index is 13.4. The third kappa shape index (κ3) is 4.59. The summed E-state index contributed by atoms with van der Waals surface area (Å²) < 4.78 is 13.0. The number of nitrogens with one attached hydrogen (secondary N) is 1. The Morgan fingerprint density at radius 1 is 1.13 bits per heavy atom. The molecule has 6 rings (SSSR count). The minimum atomic E-state index is -0.517. The molecule has 11 nitrogen and oxygen atoms in total. The van der Waals surface area contributed by atoms with E-state index in [0.717, 1.165) is 48.4 Å². The Balaban J connectivity index is 1.21. The number of anilines is 3. The lowest BCUT2D eigenvalue weighted by atomic mass is 10.1. The molecule has 0 radical (unpaired) electrons. The molecule has 3 aromatic heterocycles. The van der Waals surface area contributed by atoms with Gasteiger partial charge >= 0.3 is 12.1 Å². The first-order valence-electron chi connectivity index (χ1n) is 13.5. The van der Waals surface area contributed by atoms with Crippen LogP contribution in [-0.4, -0.2) is 76.1 Å². The molecule has 2 unspecified atom stereocenters. The second-order valence-corrected chi connectivity index (χ2v) is 11.6. The van der Waals surface area contributed by atoms with Crippen LogP contribution in [0.5, 0.6) is 5.75 Å². The molecule has 2 fully saturated rings. The number of rotatable bonds is 3. The van der Waals surface area contributed by atoms with Crippen molar-refractivity contribution in [1.29, 1.82) is 0 Å². The van der Waals surface area contributed by atoms with E-state index >= 15 is 0 Å². The van der Waals surface area contributed by atoms with E-state index in [2.05, 4.69) is 20.3 Å².